The van der Waals surface area contributed by atoms with E-state index in [-0.39, 0.29) is 22.4 Å². The Morgan fingerprint density at radius 1 is 1.16 bits per heavy atom. The van der Waals surface area contributed by atoms with E-state index in [1.807, 2.05) is 60.0 Å². The number of rotatable bonds is 9. The lowest BCUT2D eigenvalue weighted by molar-refractivity contribution is -0.384. The molecule has 188 valence electrons. The molecule has 0 saturated heterocycles. The molecule has 1 N–H and O–H groups in total. The van der Waals surface area contributed by atoms with Gasteiger partial charge in [0.25, 0.3) is 11.6 Å². The molecular formula is C25H21ClN6O4S. The number of nitrogens with one attached hydrogen (secondary N) is 1. The van der Waals surface area contributed by atoms with Gasteiger partial charge >= 0.3 is 0 Å². The van der Waals surface area contributed by atoms with Gasteiger partial charge in [-0.05, 0) is 49.4 Å². The number of halogens is 1. The zero-order valence-electron chi connectivity index (χ0n) is 19.8. The van der Waals surface area contributed by atoms with Gasteiger partial charge in [-0.1, -0.05) is 47.1 Å². The maximum absolute atomic E-state index is 12.4. The summed E-state index contributed by atoms with van der Waals surface area (Å²) < 4.78 is 7.13. The summed E-state index contributed by atoms with van der Waals surface area (Å²) in [5.41, 5.74) is 5.41. The third-order valence-electron chi connectivity index (χ3n) is 5.18. The number of ether oxygens (including phenoxy) is 1. The molecule has 0 bridgehead atoms. The molecule has 0 aliphatic rings. The Labute approximate surface area is 221 Å². The van der Waals surface area contributed by atoms with Crippen LogP contribution in [0.1, 0.15) is 11.1 Å². The molecule has 12 heteroatoms. The normalized spacial score (nSPS) is 11.0. The van der Waals surface area contributed by atoms with Crippen molar-refractivity contribution in [3.05, 3.63) is 93.0 Å². The van der Waals surface area contributed by atoms with Gasteiger partial charge in [-0.2, -0.15) is 5.10 Å². The Balaban J connectivity index is 1.49. The quantitative estimate of drug-likeness (QED) is 0.137. The van der Waals surface area contributed by atoms with Gasteiger partial charge in [0.15, 0.2) is 11.0 Å². The lowest BCUT2D eigenvalue weighted by atomic mass is 10.2. The lowest BCUT2D eigenvalue weighted by Crippen LogP contribution is -2.20. The van der Waals surface area contributed by atoms with E-state index in [0.29, 0.717) is 16.5 Å². The minimum Gasteiger partial charge on any atom is -0.497 e. The summed E-state index contributed by atoms with van der Waals surface area (Å²) in [4.78, 5) is 22.9. The molecule has 4 aromatic rings. The van der Waals surface area contributed by atoms with Gasteiger partial charge in [0.2, 0.25) is 0 Å². The van der Waals surface area contributed by atoms with Crippen LogP contribution in [0.15, 0.2) is 77.0 Å². The molecule has 0 spiro atoms. The number of nitro groups is 1. The Kier molecular flexibility index (Phi) is 8.16. The van der Waals surface area contributed by atoms with Gasteiger partial charge in [-0.3, -0.25) is 19.5 Å². The summed E-state index contributed by atoms with van der Waals surface area (Å²) in [6.07, 6.45) is 1.31. The summed E-state index contributed by atoms with van der Waals surface area (Å²) >= 11 is 7.02. The van der Waals surface area contributed by atoms with Gasteiger partial charge in [0, 0.05) is 22.9 Å². The van der Waals surface area contributed by atoms with E-state index in [9.17, 15) is 14.9 Å². The number of methoxy groups -OCH3 is 1. The second kappa shape index (κ2) is 11.7. The molecular weight excluding hydrogens is 516 g/mol. The fourth-order valence-electron chi connectivity index (χ4n) is 3.31. The third-order valence-corrected chi connectivity index (χ3v) is 6.42. The number of carbonyl (C=O) groups excluding carboxylic acids is 1. The van der Waals surface area contributed by atoms with E-state index < -0.39 is 4.92 Å². The Hall–Kier alpha value is -4.22. The Morgan fingerprint density at radius 2 is 1.89 bits per heavy atom. The third kappa shape index (κ3) is 6.32. The topological polar surface area (TPSA) is 125 Å². The molecule has 0 fully saturated rings. The second-order valence-corrected chi connectivity index (χ2v) is 9.11. The van der Waals surface area contributed by atoms with Crippen molar-refractivity contribution in [3.63, 3.8) is 0 Å². The van der Waals surface area contributed by atoms with Gasteiger partial charge in [-0.15, -0.1) is 10.2 Å². The molecule has 4 rings (SSSR count). The van der Waals surface area contributed by atoms with Crippen molar-refractivity contribution >= 4 is 41.2 Å². The van der Waals surface area contributed by atoms with Crippen molar-refractivity contribution in [1.82, 2.24) is 20.2 Å². The molecule has 0 aliphatic carbocycles. The van der Waals surface area contributed by atoms with Crippen molar-refractivity contribution in [2.24, 2.45) is 5.10 Å². The molecule has 37 heavy (non-hydrogen) atoms. The van der Waals surface area contributed by atoms with Crippen molar-refractivity contribution in [2.75, 3.05) is 12.9 Å². The minimum absolute atomic E-state index is 0.0186. The molecule has 0 aliphatic heterocycles. The number of nitrogens with zero attached hydrogens (tertiary/aromatic N) is 5. The monoisotopic (exact) mass is 536 g/mol. The van der Waals surface area contributed by atoms with Crippen molar-refractivity contribution in [3.8, 4) is 22.8 Å². The van der Waals surface area contributed by atoms with E-state index >= 15 is 0 Å². The molecule has 0 radical (unpaired) electrons. The minimum atomic E-state index is -0.584. The fourth-order valence-corrected chi connectivity index (χ4v) is 4.24. The smallest absolute Gasteiger partial charge is 0.288 e. The highest BCUT2D eigenvalue weighted by Crippen LogP contribution is 2.29. The Morgan fingerprint density at radius 3 is 2.57 bits per heavy atom. The number of aryl methyl sites for hydroxylation is 1. The van der Waals surface area contributed by atoms with Crippen molar-refractivity contribution in [2.45, 2.75) is 12.1 Å². The molecule has 0 unspecified atom stereocenters. The lowest BCUT2D eigenvalue weighted by Gasteiger charge is -2.11. The molecule has 10 nitrogen and oxygen atoms in total. The maximum Gasteiger partial charge on any atom is 0.288 e. The molecule has 1 heterocycles. The SMILES string of the molecule is COc1ccc(-c2nnc(SCC(=O)N/N=C\c3ccc(Cl)c([N+](=O)[O-])c3)n2-c2ccc(C)cc2)cc1. The molecule has 1 aromatic heterocycles. The highest BCUT2D eigenvalue weighted by atomic mass is 35.5. The summed E-state index contributed by atoms with van der Waals surface area (Å²) in [5, 5.41) is 24.2. The Bertz CT molecular complexity index is 1460. The van der Waals surface area contributed by atoms with Gasteiger partial charge in [0.05, 0.1) is 24.0 Å². The maximum atomic E-state index is 12.4. The predicted octanol–water partition coefficient (Wildman–Crippen LogP) is 5.06. The first kappa shape index (κ1) is 25.9. The second-order valence-electron chi connectivity index (χ2n) is 7.76. The standard InChI is InChI=1S/C25H21ClN6O4S/c1-16-3-8-19(9-4-16)31-24(18-6-10-20(36-2)11-7-18)29-30-25(31)37-15-23(33)28-27-14-17-5-12-21(26)22(13-17)32(34)35/h3-14H,15H2,1-2H3,(H,28,33)/b27-14-. The predicted molar refractivity (Wildman–Crippen MR) is 143 cm³/mol. The average molecular weight is 537 g/mol. The highest BCUT2D eigenvalue weighted by molar-refractivity contribution is 7.99. The van der Waals surface area contributed by atoms with Crippen LogP contribution in [0.4, 0.5) is 5.69 Å². The first-order valence-electron chi connectivity index (χ1n) is 10.9. The van der Waals surface area contributed by atoms with Crippen LogP contribution in [0.5, 0.6) is 5.75 Å². The molecule has 1 amide bonds. The van der Waals surface area contributed by atoms with Gasteiger partial charge in [-0.25, -0.2) is 5.43 Å². The van der Waals surface area contributed by atoms with E-state index in [1.54, 1.807) is 13.2 Å². The molecule has 0 saturated carbocycles. The number of thioether (sulfide) groups is 1. The van der Waals surface area contributed by atoms with Crippen LogP contribution in [0.2, 0.25) is 5.02 Å². The average Bonchev–Trinajstić information content (AvgIpc) is 3.32. The van der Waals surface area contributed by atoms with Crippen LogP contribution in [-0.4, -0.2) is 44.7 Å². The zero-order chi connectivity index (χ0) is 26.4. The largest absolute Gasteiger partial charge is 0.497 e. The number of hydrogen-bond acceptors (Lipinski definition) is 8. The van der Waals surface area contributed by atoms with E-state index in [1.165, 1.54) is 30.1 Å². The number of hydrogen-bond donors (Lipinski definition) is 1. The molecule has 3 aromatic carbocycles. The summed E-state index contributed by atoms with van der Waals surface area (Å²) in [7, 11) is 1.60. The van der Waals surface area contributed by atoms with Crippen LogP contribution < -0.4 is 10.2 Å². The number of hydrazone groups is 1. The number of benzene rings is 3. The van der Waals surface area contributed by atoms with E-state index in [2.05, 4.69) is 20.7 Å². The van der Waals surface area contributed by atoms with Crippen LogP contribution in [0.25, 0.3) is 17.1 Å². The summed E-state index contributed by atoms with van der Waals surface area (Å²) in [5.74, 6) is 0.987. The van der Waals surface area contributed by atoms with Gasteiger partial charge < -0.3 is 4.74 Å². The number of carbonyl (C=O) groups is 1. The van der Waals surface area contributed by atoms with Crippen LogP contribution in [-0.2, 0) is 4.79 Å². The summed E-state index contributed by atoms with van der Waals surface area (Å²) in [6.45, 7) is 2.00. The first-order chi connectivity index (χ1) is 17.9. The van der Waals surface area contributed by atoms with Crippen molar-refractivity contribution < 1.29 is 14.5 Å². The zero-order valence-corrected chi connectivity index (χ0v) is 21.4. The van der Waals surface area contributed by atoms with Crippen LogP contribution in [0, 0.1) is 17.0 Å². The van der Waals surface area contributed by atoms with E-state index in [0.717, 1.165) is 22.6 Å². The van der Waals surface area contributed by atoms with Gasteiger partial charge in [0.1, 0.15) is 10.8 Å². The number of aromatic nitrogens is 3. The van der Waals surface area contributed by atoms with E-state index in [4.69, 9.17) is 16.3 Å². The molecule has 0 atom stereocenters. The highest BCUT2D eigenvalue weighted by Gasteiger charge is 2.17. The van der Waals surface area contributed by atoms with Crippen LogP contribution >= 0.6 is 23.4 Å². The first-order valence-corrected chi connectivity index (χ1v) is 12.3. The fraction of sp³-hybridized carbons (Fsp3) is 0.120. The number of amides is 1. The van der Waals surface area contributed by atoms with Crippen molar-refractivity contribution in [1.29, 1.82) is 0 Å². The summed E-state index contributed by atoms with van der Waals surface area (Å²) in [6, 6.07) is 19.6. The number of nitro benzene ring substituents is 1. The van der Waals surface area contributed by atoms with Crippen LogP contribution in [0.3, 0.4) is 0 Å².